The van der Waals surface area contributed by atoms with E-state index >= 15 is 0 Å². The smallest absolute Gasteiger partial charge is 0.341 e. The van der Waals surface area contributed by atoms with Gasteiger partial charge in [-0.2, -0.15) is 0 Å². The van der Waals surface area contributed by atoms with E-state index in [1.807, 2.05) is 31.2 Å². The molecule has 1 saturated heterocycles. The molecule has 2 atom stereocenters. The zero-order valence-electron chi connectivity index (χ0n) is 14.7. The topological polar surface area (TPSA) is 54.0 Å². The van der Waals surface area contributed by atoms with E-state index in [9.17, 15) is 4.79 Å². The molecule has 1 aliphatic carbocycles. The lowest BCUT2D eigenvalue weighted by molar-refractivity contribution is -0.360. The average molecular weight is 334 g/mol. The van der Waals surface area contributed by atoms with E-state index in [4.69, 9.17) is 19.2 Å². The molecule has 1 saturated carbocycles. The predicted octanol–water partition coefficient (Wildman–Crippen LogP) is 3.75. The summed E-state index contributed by atoms with van der Waals surface area (Å²) >= 11 is 0. The van der Waals surface area contributed by atoms with Crippen LogP contribution in [0, 0.1) is 5.92 Å². The Kier molecular flexibility index (Phi) is 4.83. The second kappa shape index (κ2) is 6.73. The molecule has 132 valence electrons. The summed E-state index contributed by atoms with van der Waals surface area (Å²) in [5.74, 6) is 0.803. The van der Waals surface area contributed by atoms with Crippen LogP contribution < -0.4 is 4.74 Å². The number of esters is 1. The van der Waals surface area contributed by atoms with Crippen LogP contribution in [-0.2, 0) is 24.9 Å². The number of carbonyl (C=O) groups is 1. The van der Waals surface area contributed by atoms with Crippen LogP contribution in [0.2, 0.25) is 0 Å². The maximum Gasteiger partial charge on any atom is 0.341 e. The van der Waals surface area contributed by atoms with Crippen molar-refractivity contribution in [3.05, 3.63) is 29.8 Å². The molecule has 0 aromatic heterocycles. The Morgan fingerprint density at radius 1 is 1.25 bits per heavy atom. The number of hydrogen-bond acceptors (Lipinski definition) is 5. The summed E-state index contributed by atoms with van der Waals surface area (Å²) < 4.78 is 10.6. The molecule has 2 fully saturated rings. The highest BCUT2D eigenvalue weighted by Gasteiger charge is 2.59. The first kappa shape index (κ1) is 17.2. The molecule has 2 aliphatic rings. The van der Waals surface area contributed by atoms with Crippen molar-refractivity contribution in [1.82, 2.24) is 0 Å². The highest BCUT2D eigenvalue weighted by atomic mass is 17.2. The van der Waals surface area contributed by atoms with Gasteiger partial charge in [-0.3, -0.25) is 0 Å². The van der Waals surface area contributed by atoms with E-state index in [0.29, 0.717) is 18.9 Å². The van der Waals surface area contributed by atoms with Gasteiger partial charge >= 0.3 is 5.97 Å². The van der Waals surface area contributed by atoms with Gasteiger partial charge in [-0.05, 0) is 49.8 Å². The summed E-state index contributed by atoms with van der Waals surface area (Å²) in [4.78, 5) is 23.9. The van der Waals surface area contributed by atoms with Gasteiger partial charge in [0.25, 0.3) is 0 Å². The summed E-state index contributed by atoms with van der Waals surface area (Å²) in [6.07, 6.45) is 4.60. The first-order valence-electron chi connectivity index (χ1n) is 8.72. The van der Waals surface area contributed by atoms with Crippen molar-refractivity contribution >= 4 is 5.97 Å². The quantitative estimate of drug-likeness (QED) is 0.586. The van der Waals surface area contributed by atoms with Crippen molar-refractivity contribution in [2.45, 2.75) is 57.2 Å². The van der Waals surface area contributed by atoms with Crippen LogP contribution >= 0.6 is 0 Å². The lowest BCUT2D eigenvalue weighted by Gasteiger charge is -2.40. The van der Waals surface area contributed by atoms with Crippen LogP contribution in [0.5, 0.6) is 5.75 Å². The van der Waals surface area contributed by atoms with E-state index in [1.54, 1.807) is 14.0 Å². The molecule has 0 amide bonds. The van der Waals surface area contributed by atoms with Crippen molar-refractivity contribution in [2.24, 2.45) is 5.92 Å². The summed E-state index contributed by atoms with van der Waals surface area (Å²) in [5.41, 5.74) is -0.630. The lowest BCUT2D eigenvalue weighted by atomic mass is 9.66. The van der Waals surface area contributed by atoms with Gasteiger partial charge in [0.05, 0.1) is 13.7 Å². The van der Waals surface area contributed by atoms with E-state index in [-0.39, 0.29) is 5.97 Å². The van der Waals surface area contributed by atoms with E-state index < -0.39 is 11.2 Å². The molecule has 1 heterocycles. The maximum atomic E-state index is 12.4. The molecule has 1 aromatic rings. The third kappa shape index (κ3) is 2.91. The minimum absolute atomic E-state index is 0.348. The second-order valence-corrected chi connectivity index (χ2v) is 6.96. The van der Waals surface area contributed by atoms with Gasteiger partial charge in [-0.15, -0.1) is 0 Å². The highest BCUT2D eigenvalue weighted by Crippen LogP contribution is 2.54. The zero-order chi connectivity index (χ0) is 17.2. The van der Waals surface area contributed by atoms with Crippen molar-refractivity contribution in [1.29, 1.82) is 0 Å². The number of rotatable bonds is 6. The zero-order valence-corrected chi connectivity index (χ0v) is 14.7. The minimum atomic E-state index is -1.06. The monoisotopic (exact) mass is 334 g/mol. The van der Waals surface area contributed by atoms with Gasteiger partial charge < -0.3 is 9.47 Å². The van der Waals surface area contributed by atoms with Crippen LogP contribution in [0.25, 0.3) is 0 Å². The molecular formula is C19H26O5. The van der Waals surface area contributed by atoms with Gasteiger partial charge in [0, 0.05) is 6.42 Å². The first-order valence-corrected chi connectivity index (χ1v) is 8.72. The fourth-order valence-corrected chi connectivity index (χ4v) is 3.53. The number of hydrogen-bond donors (Lipinski definition) is 0. The fourth-order valence-electron chi connectivity index (χ4n) is 3.53. The average Bonchev–Trinajstić information content (AvgIpc) is 2.91. The standard InChI is InChI=1S/C19H26O5/c1-4-12-22-17(20)18(2)13-19(24-23-18,14-6-5-7-14)15-8-10-16(21-3)11-9-15/h8-11,14H,4-7,12-13H2,1-3H3. The Labute approximate surface area is 143 Å². The van der Waals surface area contributed by atoms with Gasteiger partial charge in [0.15, 0.2) is 0 Å². The molecule has 3 rings (SSSR count). The number of carbonyl (C=O) groups excluding carboxylic acids is 1. The molecule has 1 aromatic carbocycles. The molecule has 5 nitrogen and oxygen atoms in total. The molecule has 2 unspecified atom stereocenters. The Morgan fingerprint density at radius 3 is 2.50 bits per heavy atom. The van der Waals surface area contributed by atoms with Gasteiger partial charge in [-0.1, -0.05) is 25.5 Å². The van der Waals surface area contributed by atoms with E-state index in [2.05, 4.69) is 0 Å². The van der Waals surface area contributed by atoms with Crippen molar-refractivity contribution in [3.8, 4) is 5.75 Å². The Bertz CT molecular complexity index is 580. The number of ether oxygens (including phenoxy) is 2. The molecular weight excluding hydrogens is 308 g/mol. The predicted molar refractivity (Wildman–Crippen MR) is 88.5 cm³/mol. The summed E-state index contributed by atoms with van der Waals surface area (Å²) in [7, 11) is 1.65. The van der Waals surface area contributed by atoms with Crippen molar-refractivity contribution in [2.75, 3.05) is 13.7 Å². The van der Waals surface area contributed by atoms with Crippen molar-refractivity contribution in [3.63, 3.8) is 0 Å². The number of methoxy groups -OCH3 is 1. The van der Waals surface area contributed by atoms with Crippen molar-refractivity contribution < 1.29 is 24.0 Å². The first-order chi connectivity index (χ1) is 11.5. The number of benzene rings is 1. The molecule has 1 aliphatic heterocycles. The Balaban J connectivity index is 1.86. The van der Waals surface area contributed by atoms with Gasteiger partial charge in [0.1, 0.15) is 11.4 Å². The molecule has 0 spiro atoms. The van der Waals surface area contributed by atoms with Crippen LogP contribution in [0.3, 0.4) is 0 Å². The molecule has 24 heavy (non-hydrogen) atoms. The molecule has 0 N–H and O–H groups in total. The Morgan fingerprint density at radius 2 is 1.96 bits per heavy atom. The fraction of sp³-hybridized carbons (Fsp3) is 0.632. The summed E-state index contributed by atoms with van der Waals surface area (Å²) in [5, 5.41) is 0. The van der Waals surface area contributed by atoms with Crippen LogP contribution in [0.15, 0.2) is 24.3 Å². The van der Waals surface area contributed by atoms with Gasteiger partial charge in [-0.25, -0.2) is 14.6 Å². The summed E-state index contributed by atoms with van der Waals surface area (Å²) in [6, 6.07) is 7.85. The molecule has 0 radical (unpaired) electrons. The SMILES string of the molecule is CCCOC(=O)C1(C)CC(c2ccc(OC)cc2)(C2CCC2)OO1. The van der Waals surface area contributed by atoms with Gasteiger partial charge in [0.2, 0.25) is 5.60 Å². The molecule has 5 heteroatoms. The third-order valence-electron chi connectivity index (χ3n) is 5.19. The van der Waals surface area contributed by atoms with Crippen LogP contribution in [0.4, 0.5) is 0 Å². The summed E-state index contributed by atoms with van der Waals surface area (Å²) in [6.45, 7) is 4.13. The van der Waals surface area contributed by atoms with E-state index in [1.165, 1.54) is 6.42 Å². The normalized spacial score (nSPS) is 30.0. The third-order valence-corrected chi connectivity index (χ3v) is 5.19. The van der Waals surface area contributed by atoms with Crippen LogP contribution in [-0.4, -0.2) is 25.3 Å². The minimum Gasteiger partial charge on any atom is -0.497 e. The highest BCUT2D eigenvalue weighted by molar-refractivity contribution is 5.79. The second-order valence-electron chi connectivity index (χ2n) is 6.96. The van der Waals surface area contributed by atoms with E-state index in [0.717, 1.165) is 30.6 Å². The lowest BCUT2D eigenvalue weighted by Crippen LogP contribution is -2.42. The molecule has 0 bridgehead atoms. The van der Waals surface area contributed by atoms with Crippen LogP contribution in [0.1, 0.15) is 51.5 Å². The largest absolute Gasteiger partial charge is 0.497 e. The maximum absolute atomic E-state index is 12.4. The Hall–Kier alpha value is -1.59.